The van der Waals surface area contributed by atoms with E-state index in [1.165, 1.54) is 0 Å². The summed E-state index contributed by atoms with van der Waals surface area (Å²) in [5, 5.41) is 11.5. The molecule has 1 amide bonds. The van der Waals surface area contributed by atoms with Crippen molar-refractivity contribution in [3.05, 3.63) is 65.7 Å². The van der Waals surface area contributed by atoms with Crippen molar-refractivity contribution < 1.29 is 19.4 Å². The lowest BCUT2D eigenvalue weighted by molar-refractivity contribution is -0.140. The summed E-state index contributed by atoms with van der Waals surface area (Å²) >= 11 is 0. The maximum absolute atomic E-state index is 11.9. The molecule has 0 saturated carbocycles. The van der Waals surface area contributed by atoms with Crippen LogP contribution in [-0.4, -0.2) is 23.0 Å². The average molecular weight is 311 g/mol. The molecule has 1 heterocycles. The molecule has 0 radical (unpaired) electrons. The van der Waals surface area contributed by atoms with E-state index in [2.05, 4.69) is 5.32 Å². The normalized spacial score (nSPS) is 20.1. The highest BCUT2D eigenvalue weighted by atomic mass is 16.5. The first-order valence-electron chi connectivity index (χ1n) is 7.43. The zero-order chi connectivity index (χ0) is 16.2. The van der Waals surface area contributed by atoms with Gasteiger partial charge in [0.05, 0.1) is 5.92 Å². The summed E-state index contributed by atoms with van der Waals surface area (Å²) in [6.07, 6.45) is 0.276. The molecule has 0 aliphatic carbocycles. The third-order valence-corrected chi connectivity index (χ3v) is 3.93. The minimum Gasteiger partial charge on any atom is -0.489 e. The molecule has 0 spiro atoms. The molecular formula is C18H17NO4. The summed E-state index contributed by atoms with van der Waals surface area (Å²) in [4.78, 5) is 22.8. The molecule has 1 aliphatic heterocycles. The van der Waals surface area contributed by atoms with E-state index in [0.29, 0.717) is 12.4 Å². The van der Waals surface area contributed by atoms with Crippen LogP contribution in [0.3, 0.4) is 0 Å². The van der Waals surface area contributed by atoms with E-state index in [0.717, 1.165) is 11.1 Å². The highest BCUT2D eigenvalue weighted by Crippen LogP contribution is 2.28. The third kappa shape index (κ3) is 3.51. The van der Waals surface area contributed by atoms with Gasteiger partial charge in [-0.15, -0.1) is 0 Å². The third-order valence-electron chi connectivity index (χ3n) is 3.93. The van der Waals surface area contributed by atoms with E-state index in [9.17, 15) is 9.59 Å². The highest BCUT2D eigenvalue weighted by Gasteiger charge is 2.36. The molecule has 5 heteroatoms. The SMILES string of the molecule is O=C1N[C@@H](C(=O)O)C[C@H]1c1ccc(OCc2ccccc2)cc1. The van der Waals surface area contributed by atoms with Crippen LogP contribution in [0.5, 0.6) is 5.75 Å². The predicted octanol–water partition coefficient (Wildman–Crippen LogP) is 2.32. The number of nitrogens with one attached hydrogen (secondary N) is 1. The van der Waals surface area contributed by atoms with Gasteiger partial charge in [0.2, 0.25) is 5.91 Å². The summed E-state index contributed by atoms with van der Waals surface area (Å²) < 4.78 is 5.70. The molecular weight excluding hydrogens is 294 g/mol. The zero-order valence-corrected chi connectivity index (χ0v) is 12.4. The Labute approximate surface area is 133 Å². The van der Waals surface area contributed by atoms with E-state index in [4.69, 9.17) is 9.84 Å². The van der Waals surface area contributed by atoms with E-state index in [1.807, 2.05) is 42.5 Å². The molecule has 2 atom stereocenters. The first-order valence-corrected chi connectivity index (χ1v) is 7.43. The quantitative estimate of drug-likeness (QED) is 0.888. The molecule has 23 heavy (non-hydrogen) atoms. The van der Waals surface area contributed by atoms with E-state index in [-0.39, 0.29) is 12.3 Å². The molecule has 1 fully saturated rings. The van der Waals surface area contributed by atoms with Crippen LogP contribution in [-0.2, 0) is 16.2 Å². The number of rotatable bonds is 5. The van der Waals surface area contributed by atoms with E-state index < -0.39 is 17.9 Å². The van der Waals surface area contributed by atoms with Gasteiger partial charge in [-0.2, -0.15) is 0 Å². The maximum atomic E-state index is 11.9. The van der Waals surface area contributed by atoms with E-state index in [1.54, 1.807) is 12.1 Å². The number of hydrogen-bond donors (Lipinski definition) is 2. The topological polar surface area (TPSA) is 75.6 Å². The molecule has 2 aromatic carbocycles. The second-order valence-electron chi connectivity index (χ2n) is 5.53. The number of aliphatic carboxylic acids is 1. The highest BCUT2D eigenvalue weighted by molar-refractivity contribution is 5.92. The summed E-state index contributed by atoms with van der Waals surface area (Å²) in [5.41, 5.74) is 1.88. The van der Waals surface area contributed by atoms with Gasteiger partial charge in [0, 0.05) is 0 Å². The van der Waals surface area contributed by atoms with Crippen LogP contribution in [0.15, 0.2) is 54.6 Å². The van der Waals surface area contributed by atoms with Crippen LogP contribution >= 0.6 is 0 Å². The lowest BCUT2D eigenvalue weighted by atomic mass is 9.96. The van der Waals surface area contributed by atoms with E-state index >= 15 is 0 Å². The first-order chi connectivity index (χ1) is 11.1. The Hall–Kier alpha value is -2.82. The maximum Gasteiger partial charge on any atom is 0.326 e. The number of ether oxygens (including phenoxy) is 1. The number of amides is 1. The summed E-state index contributed by atoms with van der Waals surface area (Å²) in [5.74, 6) is -0.941. The lowest BCUT2D eigenvalue weighted by Crippen LogP contribution is -2.32. The van der Waals surface area contributed by atoms with Gasteiger partial charge in [-0.1, -0.05) is 42.5 Å². The van der Waals surface area contributed by atoms with Crippen molar-refractivity contribution >= 4 is 11.9 Å². The Morgan fingerprint density at radius 3 is 2.43 bits per heavy atom. The molecule has 2 aromatic rings. The number of carbonyl (C=O) groups is 2. The minimum absolute atomic E-state index is 0.240. The molecule has 2 N–H and O–H groups in total. The molecule has 1 aliphatic rings. The van der Waals surface area contributed by atoms with Gasteiger partial charge < -0.3 is 15.2 Å². The van der Waals surface area contributed by atoms with Crippen molar-refractivity contribution in [3.8, 4) is 5.75 Å². The van der Waals surface area contributed by atoms with Crippen LogP contribution in [0.4, 0.5) is 0 Å². The lowest BCUT2D eigenvalue weighted by Gasteiger charge is -2.10. The van der Waals surface area contributed by atoms with Crippen molar-refractivity contribution in [2.45, 2.75) is 25.0 Å². The molecule has 118 valence electrons. The van der Waals surface area contributed by atoms with Gasteiger partial charge in [0.1, 0.15) is 18.4 Å². The number of carboxylic acid groups (broad SMARTS) is 1. The molecule has 0 aromatic heterocycles. The average Bonchev–Trinajstić information content (AvgIpc) is 2.97. The number of carbonyl (C=O) groups excluding carboxylic acids is 1. The summed E-state index contributed by atoms with van der Waals surface area (Å²) in [6, 6.07) is 16.3. The largest absolute Gasteiger partial charge is 0.489 e. The summed E-state index contributed by atoms with van der Waals surface area (Å²) in [7, 11) is 0. The molecule has 5 nitrogen and oxygen atoms in total. The van der Waals surface area contributed by atoms with Gasteiger partial charge in [-0.05, 0) is 29.7 Å². The fraction of sp³-hybridized carbons (Fsp3) is 0.222. The van der Waals surface area contributed by atoms with Crippen molar-refractivity contribution in [1.29, 1.82) is 0 Å². The first kappa shape index (κ1) is 15.1. The van der Waals surface area contributed by atoms with Gasteiger partial charge in [0.15, 0.2) is 0 Å². The minimum atomic E-state index is -0.997. The standard InChI is InChI=1S/C18H17NO4/c20-17-15(10-16(19-17)18(21)22)13-6-8-14(9-7-13)23-11-12-4-2-1-3-5-12/h1-9,15-16H,10-11H2,(H,19,20)(H,21,22)/t15-,16+/m0/s1. The van der Waals surface area contributed by atoms with Gasteiger partial charge in [0.25, 0.3) is 0 Å². The second-order valence-corrected chi connectivity index (χ2v) is 5.53. The fourth-order valence-electron chi connectivity index (χ4n) is 2.66. The number of benzene rings is 2. The molecule has 0 bridgehead atoms. The van der Waals surface area contributed by atoms with Crippen molar-refractivity contribution in [1.82, 2.24) is 5.32 Å². The van der Waals surface area contributed by atoms with Crippen molar-refractivity contribution in [2.24, 2.45) is 0 Å². The Morgan fingerprint density at radius 1 is 1.13 bits per heavy atom. The van der Waals surface area contributed by atoms with Crippen molar-refractivity contribution in [2.75, 3.05) is 0 Å². The fourth-order valence-corrected chi connectivity index (χ4v) is 2.66. The van der Waals surface area contributed by atoms with Gasteiger partial charge in [-0.25, -0.2) is 4.79 Å². The van der Waals surface area contributed by atoms with Gasteiger partial charge in [-0.3, -0.25) is 4.79 Å². The number of hydrogen-bond acceptors (Lipinski definition) is 3. The van der Waals surface area contributed by atoms with Crippen LogP contribution in [0.1, 0.15) is 23.5 Å². The Balaban J connectivity index is 1.63. The summed E-state index contributed by atoms with van der Waals surface area (Å²) in [6.45, 7) is 0.477. The number of carboxylic acids is 1. The Morgan fingerprint density at radius 2 is 1.83 bits per heavy atom. The second kappa shape index (κ2) is 6.52. The monoisotopic (exact) mass is 311 g/mol. The Kier molecular flexibility index (Phi) is 4.28. The van der Waals surface area contributed by atoms with Crippen LogP contribution in [0, 0.1) is 0 Å². The smallest absolute Gasteiger partial charge is 0.326 e. The zero-order valence-electron chi connectivity index (χ0n) is 12.4. The van der Waals surface area contributed by atoms with Gasteiger partial charge >= 0.3 is 5.97 Å². The molecule has 1 saturated heterocycles. The van der Waals surface area contributed by atoms with Crippen molar-refractivity contribution in [3.63, 3.8) is 0 Å². The Bertz CT molecular complexity index is 697. The van der Waals surface area contributed by atoms with Crippen LogP contribution < -0.4 is 10.1 Å². The van der Waals surface area contributed by atoms with Crippen LogP contribution in [0.25, 0.3) is 0 Å². The molecule has 3 rings (SSSR count). The predicted molar refractivity (Wildman–Crippen MR) is 84.1 cm³/mol. The molecule has 0 unspecified atom stereocenters. The van der Waals surface area contributed by atoms with Crippen LogP contribution in [0.2, 0.25) is 0 Å².